The molecule has 6 atom stereocenters. The molecule has 0 radical (unpaired) electrons. The maximum Gasteiger partial charge on any atom is 0.114 e. The number of oxime groups is 2. The van der Waals surface area contributed by atoms with Gasteiger partial charge in [-0.2, -0.15) is 0 Å². The highest BCUT2D eigenvalue weighted by atomic mass is 16.6. The molecule has 0 aromatic carbocycles. The van der Waals surface area contributed by atoms with Gasteiger partial charge in [-0.15, -0.1) is 0 Å². The third kappa shape index (κ3) is 3.14. The average Bonchev–Trinajstić information content (AvgIpc) is 3.02. The van der Waals surface area contributed by atoms with E-state index in [2.05, 4.69) is 30.2 Å². The number of fused-ring (bicyclic) bond motifs is 5. The van der Waals surface area contributed by atoms with E-state index in [1.807, 2.05) is 20.8 Å². The minimum atomic E-state index is -0.835. The van der Waals surface area contributed by atoms with E-state index in [0.29, 0.717) is 31.0 Å². The van der Waals surface area contributed by atoms with Gasteiger partial charge in [-0.1, -0.05) is 29.7 Å². The summed E-state index contributed by atoms with van der Waals surface area (Å²) in [5, 5.41) is 20.4. The van der Waals surface area contributed by atoms with E-state index in [0.717, 1.165) is 43.5 Å². The standard InChI is InChI=1S/C25H40N2O3/c1-6-29-26-17(3)25(28)15-12-22-20-9-8-18-16-19(27-30-7-2)10-13-23(18,4)21(20)11-14-24(22,25)5/h16,20-22,28H,6-15H2,1-5H3/b26-17+,27-19+. The number of aliphatic hydroxyl groups is 1. The van der Waals surface area contributed by atoms with Gasteiger partial charge in [0.15, 0.2) is 0 Å². The maximum absolute atomic E-state index is 11.8. The van der Waals surface area contributed by atoms with Crippen LogP contribution in [0.15, 0.2) is 22.0 Å². The number of hydrogen-bond acceptors (Lipinski definition) is 5. The Morgan fingerprint density at radius 3 is 2.50 bits per heavy atom. The summed E-state index contributed by atoms with van der Waals surface area (Å²) < 4.78 is 0. The van der Waals surface area contributed by atoms with Crippen LogP contribution in [0, 0.1) is 28.6 Å². The Labute approximate surface area is 182 Å². The van der Waals surface area contributed by atoms with Crippen molar-refractivity contribution < 1.29 is 14.8 Å². The lowest BCUT2D eigenvalue weighted by atomic mass is 9.46. The zero-order valence-electron chi connectivity index (χ0n) is 19.5. The number of nitrogens with zero attached hydrogens (tertiary/aromatic N) is 2. The topological polar surface area (TPSA) is 63.4 Å². The molecule has 1 N–H and O–H groups in total. The van der Waals surface area contributed by atoms with Gasteiger partial charge in [-0.25, -0.2) is 0 Å². The van der Waals surface area contributed by atoms with Crippen molar-refractivity contribution in [2.45, 2.75) is 91.6 Å². The van der Waals surface area contributed by atoms with Crippen molar-refractivity contribution in [1.82, 2.24) is 0 Å². The molecule has 3 fully saturated rings. The van der Waals surface area contributed by atoms with E-state index in [1.165, 1.54) is 19.3 Å². The largest absolute Gasteiger partial charge is 0.396 e. The molecule has 0 aromatic heterocycles. The van der Waals surface area contributed by atoms with E-state index in [-0.39, 0.29) is 10.8 Å². The van der Waals surface area contributed by atoms with Gasteiger partial charge in [0.25, 0.3) is 0 Å². The summed E-state index contributed by atoms with van der Waals surface area (Å²) in [6, 6.07) is 0. The summed E-state index contributed by atoms with van der Waals surface area (Å²) in [6.07, 6.45) is 11.1. The molecule has 0 aromatic rings. The Morgan fingerprint density at radius 1 is 1.03 bits per heavy atom. The fourth-order valence-corrected chi connectivity index (χ4v) is 7.64. The summed E-state index contributed by atoms with van der Waals surface area (Å²) in [5.41, 5.74) is 2.79. The van der Waals surface area contributed by atoms with Gasteiger partial charge in [-0.05, 0) is 101 Å². The lowest BCUT2D eigenvalue weighted by molar-refractivity contribution is -0.0956. The van der Waals surface area contributed by atoms with Crippen molar-refractivity contribution in [3.8, 4) is 0 Å². The molecule has 0 heterocycles. The SMILES string of the molecule is CCO/N=C1/C=C2CCC3C(CCC4(C)C3CCC4(O)/C(C)=N/OCC)C2(C)CC1. The van der Waals surface area contributed by atoms with Crippen LogP contribution in [-0.4, -0.2) is 35.3 Å². The van der Waals surface area contributed by atoms with E-state index >= 15 is 0 Å². The van der Waals surface area contributed by atoms with Crippen molar-refractivity contribution in [1.29, 1.82) is 0 Å². The molecule has 0 aliphatic heterocycles. The fourth-order valence-electron chi connectivity index (χ4n) is 7.64. The number of allylic oxidation sites excluding steroid dienone is 2. The van der Waals surface area contributed by atoms with E-state index in [9.17, 15) is 5.11 Å². The molecular formula is C25H40N2O3. The Bertz CT molecular complexity index is 759. The molecule has 4 aliphatic rings. The molecular weight excluding hydrogens is 376 g/mol. The minimum Gasteiger partial charge on any atom is -0.396 e. The molecule has 6 unspecified atom stereocenters. The Hall–Kier alpha value is -1.36. The van der Waals surface area contributed by atoms with Crippen LogP contribution in [0.25, 0.3) is 0 Å². The first-order valence-electron chi connectivity index (χ1n) is 12.1. The molecule has 0 spiro atoms. The van der Waals surface area contributed by atoms with Crippen LogP contribution in [0.1, 0.15) is 86.0 Å². The van der Waals surface area contributed by atoms with Crippen LogP contribution < -0.4 is 0 Å². The third-order valence-corrected chi connectivity index (χ3v) is 9.37. The molecule has 168 valence electrons. The van der Waals surface area contributed by atoms with Gasteiger partial charge in [0, 0.05) is 5.41 Å². The summed E-state index contributed by atoms with van der Waals surface area (Å²) in [7, 11) is 0. The van der Waals surface area contributed by atoms with E-state index in [4.69, 9.17) is 9.68 Å². The molecule has 0 saturated heterocycles. The third-order valence-electron chi connectivity index (χ3n) is 9.37. The molecule has 5 heteroatoms. The van der Waals surface area contributed by atoms with Gasteiger partial charge < -0.3 is 14.8 Å². The highest BCUT2D eigenvalue weighted by Gasteiger charge is 2.64. The Balaban J connectivity index is 1.60. The molecule has 3 saturated carbocycles. The maximum atomic E-state index is 11.8. The predicted octanol–water partition coefficient (Wildman–Crippen LogP) is 5.49. The molecule has 5 nitrogen and oxygen atoms in total. The van der Waals surface area contributed by atoms with E-state index < -0.39 is 5.60 Å². The second-order valence-corrected chi connectivity index (χ2v) is 10.5. The van der Waals surface area contributed by atoms with Crippen molar-refractivity contribution in [2.24, 2.45) is 38.9 Å². The van der Waals surface area contributed by atoms with Crippen LogP contribution in [0.2, 0.25) is 0 Å². The first kappa shape index (κ1) is 21.9. The average molecular weight is 417 g/mol. The summed E-state index contributed by atoms with van der Waals surface area (Å²) in [4.78, 5) is 10.7. The molecule has 0 bridgehead atoms. The van der Waals surface area contributed by atoms with Crippen molar-refractivity contribution in [2.75, 3.05) is 13.2 Å². The van der Waals surface area contributed by atoms with Crippen molar-refractivity contribution >= 4 is 11.4 Å². The van der Waals surface area contributed by atoms with Crippen LogP contribution >= 0.6 is 0 Å². The summed E-state index contributed by atoms with van der Waals surface area (Å²) in [6.45, 7) is 11.9. The summed E-state index contributed by atoms with van der Waals surface area (Å²) in [5.74, 6) is 1.95. The second kappa shape index (κ2) is 7.96. The van der Waals surface area contributed by atoms with Gasteiger partial charge in [0.05, 0.1) is 11.4 Å². The lowest BCUT2D eigenvalue weighted by Gasteiger charge is -2.59. The highest BCUT2D eigenvalue weighted by molar-refractivity contribution is 5.96. The lowest BCUT2D eigenvalue weighted by Crippen LogP contribution is -2.57. The molecule has 0 amide bonds. The second-order valence-electron chi connectivity index (χ2n) is 10.5. The zero-order chi connectivity index (χ0) is 21.6. The predicted molar refractivity (Wildman–Crippen MR) is 120 cm³/mol. The van der Waals surface area contributed by atoms with Gasteiger partial charge in [-0.3, -0.25) is 0 Å². The van der Waals surface area contributed by atoms with Crippen LogP contribution in [0.5, 0.6) is 0 Å². The van der Waals surface area contributed by atoms with Crippen LogP contribution in [0.4, 0.5) is 0 Å². The van der Waals surface area contributed by atoms with Gasteiger partial charge >= 0.3 is 0 Å². The number of hydrogen-bond donors (Lipinski definition) is 1. The first-order chi connectivity index (χ1) is 14.3. The van der Waals surface area contributed by atoms with Gasteiger partial charge in [0.2, 0.25) is 0 Å². The molecule has 4 rings (SSSR count). The molecule has 30 heavy (non-hydrogen) atoms. The van der Waals surface area contributed by atoms with Crippen molar-refractivity contribution in [3.05, 3.63) is 11.6 Å². The quantitative estimate of drug-likeness (QED) is 0.476. The fraction of sp³-hybridized carbons (Fsp3) is 0.840. The Morgan fingerprint density at radius 2 is 1.77 bits per heavy atom. The zero-order valence-corrected chi connectivity index (χ0v) is 19.5. The van der Waals surface area contributed by atoms with Crippen LogP contribution in [0.3, 0.4) is 0 Å². The highest BCUT2D eigenvalue weighted by Crippen LogP contribution is 2.67. The smallest absolute Gasteiger partial charge is 0.114 e. The number of rotatable bonds is 5. The van der Waals surface area contributed by atoms with Crippen LogP contribution in [-0.2, 0) is 9.68 Å². The normalized spacial score (nSPS) is 44.7. The van der Waals surface area contributed by atoms with Gasteiger partial charge in [0.1, 0.15) is 18.8 Å². The molecule has 4 aliphatic carbocycles. The monoisotopic (exact) mass is 416 g/mol. The summed E-state index contributed by atoms with van der Waals surface area (Å²) >= 11 is 0. The van der Waals surface area contributed by atoms with E-state index in [1.54, 1.807) is 5.57 Å². The first-order valence-corrected chi connectivity index (χ1v) is 12.1. The minimum absolute atomic E-state index is 0.104. The van der Waals surface area contributed by atoms with Crippen molar-refractivity contribution in [3.63, 3.8) is 0 Å². The Kier molecular flexibility index (Phi) is 5.80.